The van der Waals surface area contributed by atoms with Gasteiger partial charge in [0.2, 0.25) is 5.91 Å². The van der Waals surface area contributed by atoms with Crippen LogP contribution in [0, 0.1) is 0 Å². The summed E-state index contributed by atoms with van der Waals surface area (Å²) < 4.78 is 5.28. The molecule has 2 aliphatic rings. The third-order valence-corrected chi connectivity index (χ3v) is 3.52. The molecular formula is C14H18N4O3. The van der Waals surface area contributed by atoms with Crippen molar-refractivity contribution >= 4 is 23.3 Å². The largest absolute Gasteiger partial charge is 0.378 e. The Balaban J connectivity index is 1.68. The maximum absolute atomic E-state index is 12.1. The first-order valence-corrected chi connectivity index (χ1v) is 7.01. The fraction of sp³-hybridized carbons (Fsp3) is 0.429. The minimum atomic E-state index is -0.336. The highest BCUT2D eigenvalue weighted by molar-refractivity contribution is 5.97. The number of amides is 3. The van der Waals surface area contributed by atoms with Crippen LogP contribution in [0.1, 0.15) is 0 Å². The van der Waals surface area contributed by atoms with Gasteiger partial charge in [-0.1, -0.05) is 6.07 Å². The van der Waals surface area contributed by atoms with Crippen molar-refractivity contribution in [2.24, 2.45) is 0 Å². The Kier molecular flexibility index (Phi) is 4.03. The zero-order valence-corrected chi connectivity index (χ0v) is 11.6. The van der Waals surface area contributed by atoms with Gasteiger partial charge < -0.3 is 20.7 Å². The first kappa shape index (κ1) is 13.8. The van der Waals surface area contributed by atoms with Gasteiger partial charge in [0.1, 0.15) is 6.04 Å². The van der Waals surface area contributed by atoms with Crippen LogP contribution in [0.3, 0.4) is 0 Å². The molecule has 2 heterocycles. The molecule has 3 rings (SSSR count). The second-order valence-electron chi connectivity index (χ2n) is 5.00. The van der Waals surface area contributed by atoms with Crippen LogP contribution in [0.4, 0.5) is 16.2 Å². The summed E-state index contributed by atoms with van der Waals surface area (Å²) in [5, 5.41) is 8.71. The van der Waals surface area contributed by atoms with Crippen molar-refractivity contribution < 1.29 is 14.3 Å². The number of nitrogens with one attached hydrogen (secondary N) is 3. The lowest BCUT2D eigenvalue weighted by Gasteiger charge is -2.23. The fourth-order valence-electron chi connectivity index (χ4n) is 2.43. The first-order chi connectivity index (χ1) is 10.2. The zero-order valence-electron chi connectivity index (χ0n) is 11.6. The molecule has 0 bridgehead atoms. The zero-order chi connectivity index (χ0) is 14.7. The average molecular weight is 290 g/mol. The Morgan fingerprint density at radius 3 is 3.00 bits per heavy atom. The molecule has 0 aromatic heterocycles. The van der Waals surface area contributed by atoms with Crippen molar-refractivity contribution in [2.75, 3.05) is 43.1 Å². The summed E-state index contributed by atoms with van der Waals surface area (Å²) >= 11 is 0. The van der Waals surface area contributed by atoms with Gasteiger partial charge in [0, 0.05) is 31.0 Å². The molecule has 7 nitrogen and oxygen atoms in total. The number of carbonyl (C=O) groups excluding carboxylic acids is 2. The van der Waals surface area contributed by atoms with Gasteiger partial charge in [0.25, 0.3) is 0 Å². The minimum absolute atomic E-state index is 0.110. The van der Waals surface area contributed by atoms with E-state index in [2.05, 4.69) is 16.0 Å². The smallest absolute Gasteiger partial charge is 0.321 e. The Bertz CT molecular complexity index is 543. The van der Waals surface area contributed by atoms with Gasteiger partial charge in [-0.25, -0.2) is 4.79 Å². The Morgan fingerprint density at radius 2 is 2.29 bits per heavy atom. The molecule has 2 aliphatic heterocycles. The summed E-state index contributed by atoms with van der Waals surface area (Å²) in [6.07, 6.45) is 0. The fourth-order valence-corrected chi connectivity index (χ4v) is 2.43. The van der Waals surface area contributed by atoms with Crippen molar-refractivity contribution in [2.45, 2.75) is 6.04 Å². The van der Waals surface area contributed by atoms with E-state index in [-0.39, 0.29) is 18.0 Å². The molecule has 1 unspecified atom stereocenters. The summed E-state index contributed by atoms with van der Waals surface area (Å²) in [7, 11) is 0. The molecule has 1 aromatic carbocycles. The van der Waals surface area contributed by atoms with Gasteiger partial charge in [-0.3, -0.25) is 9.69 Å². The van der Waals surface area contributed by atoms with E-state index in [1.165, 1.54) is 0 Å². The van der Waals surface area contributed by atoms with E-state index in [4.69, 9.17) is 4.74 Å². The molecule has 1 aromatic rings. The Labute approximate surface area is 122 Å². The number of morpholine rings is 1. The molecule has 2 fully saturated rings. The van der Waals surface area contributed by atoms with Gasteiger partial charge in [-0.15, -0.1) is 0 Å². The van der Waals surface area contributed by atoms with Crippen LogP contribution in [0.2, 0.25) is 0 Å². The Hall–Kier alpha value is -2.12. The van der Waals surface area contributed by atoms with Gasteiger partial charge in [-0.05, 0) is 18.2 Å². The van der Waals surface area contributed by atoms with E-state index in [1.807, 2.05) is 12.1 Å². The molecule has 3 amide bonds. The molecule has 112 valence electrons. The normalized spacial score (nSPS) is 22.0. The lowest BCUT2D eigenvalue weighted by atomic mass is 10.2. The van der Waals surface area contributed by atoms with Gasteiger partial charge in [-0.2, -0.15) is 0 Å². The van der Waals surface area contributed by atoms with Crippen LogP contribution in [0.25, 0.3) is 0 Å². The van der Waals surface area contributed by atoms with Gasteiger partial charge in [0.05, 0.1) is 13.2 Å². The van der Waals surface area contributed by atoms with E-state index in [1.54, 1.807) is 17.0 Å². The summed E-state index contributed by atoms with van der Waals surface area (Å²) in [5.41, 5.74) is 1.44. The quantitative estimate of drug-likeness (QED) is 0.739. The van der Waals surface area contributed by atoms with E-state index in [0.29, 0.717) is 38.5 Å². The van der Waals surface area contributed by atoms with Crippen LogP contribution >= 0.6 is 0 Å². The summed E-state index contributed by atoms with van der Waals surface area (Å²) in [6, 6.07) is 6.83. The lowest BCUT2D eigenvalue weighted by molar-refractivity contribution is -0.120. The maximum Gasteiger partial charge on any atom is 0.321 e. The highest BCUT2D eigenvalue weighted by Gasteiger charge is 2.23. The van der Waals surface area contributed by atoms with Crippen molar-refractivity contribution in [3.05, 3.63) is 24.3 Å². The minimum Gasteiger partial charge on any atom is -0.378 e. The molecule has 0 saturated carbocycles. The molecule has 1 atom stereocenters. The second-order valence-corrected chi connectivity index (χ2v) is 5.00. The SMILES string of the molecule is O=C(Nc1cccc(N2CCNC2=O)c1)C1COCCN1. The van der Waals surface area contributed by atoms with Crippen molar-refractivity contribution in [1.82, 2.24) is 10.6 Å². The number of urea groups is 1. The molecular weight excluding hydrogens is 272 g/mol. The van der Waals surface area contributed by atoms with Crippen LogP contribution in [-0.2, 0) is 9.53 Å². The van der Waals surface area contributed by atoms with Crippen LogP contribution < -0.4 is 20.9 Å². The predicted octanol–water partition coefficient (Wildman–Crippen LogP) is 0.143. The third kappa shape index (κ3) is 3.14. The van der Waals surface area contributed by atoms with E-state index in [9.17, 15) is 9.59 Å². The average Bonchev–Trinajstić information content (AvgIpc) is 2.94. The standard InChI is InChI=1S/C14H18N4O3/c19-13(12-9-21-7-5-15-12)17-10-2-1-3-11(8-10)18-6-4-16-14(18)20/h1-3,8,12,15H,4-7,9H2,(H,16,20)(H,17,19). The van der Waals surface area contributed by atoms with Crippen LogP contribution in [0.5, 0.6) is 0 Å². The number of carbonyl (C=O) groups is 2. The second kappa shape index (κ2) is 6.11. The third-order valence-electron chi connectivity index (χ3n) is 3.52. The highest BCUT2D eigenvalue weighted by Crippen LogP contribution is 2.21. The molecule has 0 aliphatic carbocycles. The summed E-state index contributed by atoms with van der Waals surface area (Å²) in [6.45, 7) is 2.95. The van der Waals surface area contributed by atoms with E-state index < -0.39 is 0 Å². The number of anilines is 2. The van der Waals surface area contributed by atoms with Crippen molar-refractivity contribution in [3.8, 4) is 0 Å². The van der Waals surface area contributed by atoms with Crippen molar-refractivity contribution in [1.29, 1.82) is 0 Å². The lowest BCUT2D eigenvalue weighted by Crippen LogP contribution is -2.48. The summed E-state index contributed by atoms with van der Waals surface area (Å²) in [5.74, 6) is -0.127. The number of hydrogen-bond donors (Lipinski definition) is 3. The monoisotopic (exact) mass is 290 g/mol. The molecule has 3 N–H and O–H groups in total. The number of rotatable bonds is 3. The highest BCUT2D eigenvalue weighted by atomic mass is 16.5. The van der Waals surface area contributed by atoms with Crippen LogP contribution in [0.15, 0.2) is 24.3 Å². The maximum atomic E-state index is 12.1. The topological polar surface area (TPSA) is 82.7 Å². The summed E-state index contributed by atoms with van der Waals surface area (Å²) in [4.78, 5) is 25.4. The van der Waals surface area contributed by atoms with Gasteiger partial charge >= 0.3 is 6.03 Å². The molecule has 2 saturated heterocycles. The number of ether oxygens (including phenoxy) is 1. The molecule has 21 heavy (non-hydrogen) atoms. The van der Waals surface area contributed by atoms with E-state index in [0.717, 1.165) is 5.69 Å². The molecule has 0 spiro atoms. The van der Waals surface area contributed by atoms with Crippen molar-refractivity contribution in [3.63, 3.8) is 0 Å². The van der Waals surface area contributed by atoms with E-state index >= 15 is 0 Å². The predicted molar refractivity (Wildman–Crippen MR) is 78.4 cm³/mol. The van der Waals surface area contributed by atoms with Crippen LogP contribution in [-0.4, -0.2) is 50.8 Å². The Morgan fingerprint density at radius 1 is 1.38 bits per heavy atom. The number of hydrogen-bond acceptors (Lipinski definition) is 4. The number of nitrogens with zero attached hydrogens (tertiary/aromatic N) is 1. The molecule has 0 radical (unpaired) electrons. The molecule has 7 heteroatoms. The number of benzene rings is 1. The first-order valence-electron chi connectivity index (χ1n) is 7.01. The van der Waals surface area contributed by atoms with Gasteiger partial charge in [0.15, 0.2) is 0 Å².